The van der Waals surface area contributed by atoms with Gasteiger partial charge in [-0.2, -0.15) is 0 Å². The number of ether oxygens (including phenoxy) is 1. The number of carbonyl (C=O) groups is 1. The summed E-state index contributed by atoms with van der Waals surface area (Å²) < 4.78 is 11.1. The summed E-state index contributed by atoms with van der Waals surface area (Å²) in [5, 5.41) is 0.161. The highest BCUT2D eigenvalue weighted by molar-refractivity contribution is 6.74. The van der Waals surface area contributed by atoms with Gasteiger partial charge in [-0.15, -0.1) is 6.58 Å². The van der Waals surface area contributed by atoms with Crippen LogP contribution in [0.3, 0.4) is 0 Å². The zero-order chi connectivity index (χ0) is 15.5. The molecule has 0 radical (unpaired) electrons. The van der Waals surface area contributed by atoms with Crippen molar-refractivity contribution >= 4 is 14.3 Å². The molecule has 0 spiro atoms. The van der Waals surface area contributed by atoms with E-state index in [9.17, 15) is 4.79 Å². The maximum Gasteiger partial charge on any atom is 0.311 e. The van der Waals surface area contributed by atoms with Gasteiger partial charge in [-0.3, -0.25) is 4.79 Å². The summed E-state index contributed by atoms with van der Waals surface area (Å²) in [4.78, 5) is 11.8. The van der Waals surface area contributed by atoms with Crippen molar-refractivity contribution in [2.45, 2.75) is 52.8 Å². The highest BCUT2D eigenvalue weighted by atomic mass is 28.4. The van der Waals surface area contributed by atoms with E-state index in [4.69, 9.17) is 9.16 Å². The van der Waals surface area contributed by atoms with Crippen molar-refractivity contribution in [3.05, 3.63) is 12.7 Å². The molecule has 0 fully saturated rings. The van der Waals surface area contributed by atoms with Gasteiger partial charge in [0, 0.05) is 12.5 Å². The molecule has 0 amide bonds. The molecule has 0 aromatic rings. The van der Waals surface area contributed by atoms with Crippen molar-refractivity contribution in [3.8, 4) is 0 Å². The van der Waals surface area contributed by atoms with Gasteiger partial charge in [0.25, 0.3) is 0 Å². The van der Waals surface area contributed by atoms with E-state index in [0.29, 0.717) is 6.61 Å². The first-order chi connectivity index (χ1) is 8.40. The molecular formula is C15H30O3Si. The number of hydrogen-bond donors (Lipinski definition) is 0. The Hall–Kier alpha value is -0.613. The Labute approximate surface area is 119 Å². The standard InChI is InChI=1S/C15H30O3Si/c1-10-12(15(5,6)13(16)17-7)11-18-19(8,9)14(2,3)4/h10,12H,1,11H2,2-9H3. The van der Waals surface area contributed by atoms with Gasteiger partial charge in [0.1, 0.15) is 0 Å². The SMILES string of the molecule is C=CC(CO[Si](C)(C)C(C)(C)C)C(C)(C)C(=O)OC. The summed E-state index contributed by atoms with van der Waals surface area (Å²) >= 11 is 0. The van der Waals surface area contributed by atoms with E-state index in [1.807, 2.05) is 13.8 Å². The first-order valence-electron chi connectivity index (χ1n) is 6.75. The average Bonchev–Trinajstić information content (AvgIpc) is 2.26. The first kappa shape index (κ1) is 18.4. The molecule has 0 aliphatic heterocycles. The highest BCUT2D eigenvalue weighted by Gasteiger charge is 2.41. The summed E-state index contributed by atoms with van der Waals surface area (Å²) in [5.41, 5.74) is -0.612. The molecule has 3 nitrogen and oxygen atoms in total. The molecule has 0 N–H and O–H groups in total. The Balaban J connectivity index is 4.87. The maximum absolute atomic E-state index is 11.8. The van der Waals surface area contributed by atoms with Crippen LogP contribution in [0, 0.1) is 11.3 Å². The lowest BCUT2D eigenvalue weighted by atomic mass is 9.79. The minimum absolute atomic E-state index is 0.0472. The Morgan fingerprint density at radius 2 is 1.74 bits per heavy atom. The van der Waals surface area contributed by atoms with E-state index in [0.717, 1.165) is 0 Å². The van der Waals surface area contributed by atoms with Crippen molar-refractivity contribution in [2.24, 2.45) is 11.3 Å². The predicted octanol–water partition coefficient (Wildman–Crippen LogP) is 4.01. The van der Waals surface area contributed by atoms with Crippen molar-refractivity contribution in [2.75, 3.05) is 13.7 Å². The topological polar surface area (TPSA) is 35.5 Å². The summed E-state index contributed by atoms with van der Waals surface area (Å²) in [5.74, 6) is -0.273. The molecule has 0 aliphatic rings. The summed E-state index contributed by atoms with van der Waals surface area (Å²) in [7, 11) is -0.392. The zero-order valence-corrected chi connectivity index (χ0v) is 14.8. The van der Waals surface area contributed by atoms with Gasteiger partial charge >= 0.3 is 5.97 Å². The van der Waals surface area contributed by atoms with Crippen molar-refractivity contribution in [1.82, 2.24) is 0 Å². The van der Waals surface area contributed by atoms with E-state index < -0.39 is 13.7 Å². The second-order valence-electron chi connectivity index (χ2n) is 7.13. The third kappa shape index (κ3) is 4.46. The average molecular weight is 286 g/mol. The van der Waals surface area contributed by atoms with Crippen LogP contribution in [0.1, 0.15) is 34.6 Å². The Morgan fingerprint density at radius 1 is 1.26 bits per heavy atom. The molecule has 0 aliphatic carbocycles. The van der Waals surface area contributed by atoms with Crippen LogP contribution in [0.4, 0.5) is 0 Å². The predicted molar refractivity (Wildman–Crippen MR) is 82.6 cm³/mol. The Morgan fingerprint density at radius 3 is 2.05 bits per heavy atom. The normalized spacial score (nSPS) is 14.9. The Kier molecular flexibility index (Phi) is 6.02. The fraction of sp³-hybridized carbons (Fsp3) is 0.800. The quantitative estimate of drug-likeness (QED) is 0.420. The molecule has 112 valence electrons. The minimum atomic E-state index is -1.81. The van der Waals surface area contributed by atoms with Gasteiger partial charge in [-0.25, -0.2) is 0 Å². The third-order valence-electron chi connectivity index (χ3n) is 4.35. The summed E-state index contributed by atoms with van der Waals surface area (Å²) in [6, 6.07) is 0. The van der Waals surface area contributed by atoms with Gasteiger partial charge in [0.2, 0.25) is 0 Å². The third-order valence-corrected chi connectivity index (χ3v) is 8.85. The van der Waals surface area contributed by atoms with Gasteiger partial charge < -0.3 is 9.16 Å². The van der Waals surface area contributed by atoms with E-state index >= 15 is 0 Å². The highest BCUT2D eigenvalue weighted by Crippen LogP contribution is 2.38. The van der Waals surface area contributed by atoms with Crippen LogP contribution in [0.2, 0.25) is 18.1 Å². The van der Waals surface area contributed by atoms with Crippen molar-refractivity contribution in [3.63, 3.8) is 0 Å². The van der Waals surface area contributed by atoms with E-state index in [1.54, 1.807) is 6.08 Å². The molecule has 1 unspecified atom stereocenters. The van der Waals surface area contributed by atoms with Gasteiger partial charge in [-0.1, -0.05) is 26.8 Å². The second kappa shape index (κ2) is 6.22. The van der Waals surface area contributed by atoms with Crippen LogP contribution in [0.25, 0.3) is 0 Å². The van der Waals surface area contributed by atoms with Crippen LogP contribution in [-0.4, -0.2) is 28.0 Å². The fourth-order valence-corrected chi connectivity index (χ4v) is 2.53. The van der Waals surface area contributed by atoms with Crippen LogP contribution >= 0.6 is 0 Å². The number of esters is 1. The molecule has 0 bridgehead atoms. The van der Waals surface area contributed by atoms with E-state index in [-0.39, 0.29) is 16.9 Å². The molecule has 0 rings (SSSR count). The number of rotatable bonds is 6. The van der Waals surface area contributed by atoms with Crippen LogP contribution < -0.4 is 0 Å². The number of hydrogen-bond acceptors (Lipinski definition) is 3. The lowest BCUT2D eigenvalue weighted by Crippen LogP contribution is -2.44. The monoisotopic (exact) mass is 286 g/mol. The lowest BCUT2D eigenvalue weighted by molar-refractivity contribution is -0.153. The lowest BCUT2D eigenvalue weighted by Gasteiger charge is -2.39. The van der Waals surface area contributed by atoms with Crippen LogP contribution in [0.5, 0.6) is 0 Å². The van der Waals surface area contributed by atoms with Crippen LogP contribution in [0.15, 0.2) is 12.7 Å². The second-order valence-corrected chi connectivity index (χ2v) is 11.9. The fourth-order valence-electron chi connectivity index (χ4n) is 1.50. The summed E-state index contributed by atoms with van der Waals surface area (Å²) in [6.07, 6.45) is 1.80. The van der Waals surface area contributed by atoms with Crippen molar-refractivity contribution in [1.29, 1.82) is 0 Å². The van der Waals surface area contributed by atoms with E-state index in [2.05, 4.69) is 40.4 Å². The van der Waals surface area contributed by atoms with Gasteiger partial charge in [0.15, 0.2) is 8.32 Å². The Bertz CT molecular complexity index is 327. The van der Waals surface area contributed by atoms with Crippen LogP contribution in [-0.2, 0) is 14.0 Å². The minimum Gasteiger partial charge on any atom is -0.469 e. The van der Waals surface area contributed by atoms with E-state index in [1.165, 1.54) is 7.11 Å². The maximum atomic E-state index is 11.8. The largest absolute Gasteiger partial charge is 0.469 e. The molecule has 0 aromatic carbocycles. The van der Waals surface area contributed by atoms with Gasteiger partial charge in [-0.05, 0) is 32.0 Å². The number of methoxy groups -OCH3 is 1. The molecular weight excluding hydrogens is 256 g/mol. The first-order valence-corrected chi connectivity index (χ1v) is 9.66. The molecule has 0 saturated carbocycles. The van der Waals surface area contributed by atoms with Crippen molar-refractivity contribution < 1.29 is 14.0 Å². The zero-order valence-electron chi connectivity index (χ0n) is 13.8. The smallest absolute Gasteiger partial charge is 0.311 e. The molecule has 4 heteroatoms. The van der Waals surface area contributed by atoms with Gasteiger partial charge in [0.05, 0.1) is 12.5 Å². The molecule has 19 heavy (non-hydrogen) atoms. The molecule has 0 heterocycles. The number of carbonyl (C=O) groups excluding carboxylic acids is 1. The molecule has 1 atom stereocenters. The summed E-state index contributed by atoms with van der Waals surface area (Å²) in [6.45, 7) is 19.1. The molecule has 0 aromatic heterocycles. The molecule has 0 saturated heterocycles.